The second-order valence-electron chi connectivity index (χ2n) is 7.40. The number of carbonyl (C=O) groups is 1. The molecule has 1 saturated heterocycles. The predicted molar refractivity (Wildman–Crippen MR) is 90.6 cm³/mol. The van der Waals surface area contributed by atoms with Crippen LogP contribution in [0.3, 0.4) is 0 Å². The van der Waals surface area contributed by atoms with Crippen molar-refractivity contribution in [3.05, 3.63) is 17.0 Å². The molecule has 0 radical (unpaired) electrons. The SMILES string of the molecule is Cc1nn(C)c(C)c1CC(=O)NC[C@@H]1COC2(CCC(C)CC2)O1. The first-order valence-electron chi connectivity index (χ1n) is 8.96. The second-order valence-corrected chi connectivity index (χ2v) is 7.40. The highest BCUT2D eigenvalue weighted by molar-refractivity contribution is 5.79. The fourth-order valence-corrected chi connectivity index (χ4v) is 3.71. The lowest BCUT2D eigenvalue weighted by Gasteiger charge is -2.34. The van der Waals surface area contributed by atoms with Gasteiger partial charge < -0.3 is 14.8 Å². The van der Waals surface area contributed by atoms with E-state index in [0.29, 0.717) is 19.6 Å². The smallest absolute Gasteiger partial charge is 0.224 e. The molecule has 1 saturated carbocycles. The monoisotopic (exact) mass is 335 g/mol. The Hall–Kier alpha value is -1.40. The maximum Gasteiger partial charge on any atom is 0.224 e. The highest BCUT2D eigenvalue weighted by atomic mass is 16.7. The minimum absolute atomic E-state index is 0.0102. The van der Waals surface area contributed by atoms with Gasteiger partial charge in [-0.2, -0.15) is 5.10 Å². The number of carbonyl (C=O) groups excluding carboxylic acids is 1. The number of aryl methyl sites for hydroxylation is 2. The lowest BCUT2D eigenvalue weighted by molar-refractivity contribution is -0.191. The molecule has 1 atom stereocenters. The summed E-state index contributed by atoms with van der Waals surface area (Å²) in [5.74, 6) is 0.377. The number of rotatable bonds is 4. The van der Waals surface area contributed by atoms with Crippen LogP contribution in [0.4, 0.5) is 0 Å². The fraction of sp³-hybridized carbons (Fsp3) is 0.778. The summed E-state index contributed by atoms with van der Waals surface area (Å²) in [7, 11) is 1.90. The summed E-state index contributed by atoms with van der Waals surface area (Å²) in [5, 5.41) is 7.34. The molecule has 1 amide bonds. The van der Waals surface area contributed by atoms with Crippen LogP contribution in [0.1, 0.15) is 49.6 Å². The first-order chi connectivity index (χ1) is 11.4. The van der Waals surface area contributed by atoms with E-state index in [1.807, 2.05) is 25.6 Å². The summed E-state index contributed by atoms with van der Waals surface area (Å²) < 4.78 is 13.9. The molecule has 1 aliphatic carbocycles. The van der Waals surface area contributed by atoms with Gasteiger partial charge in [-0.05, 0) is 32.6 Å². The van der Waals surface area contributed by atoms with Gasteiger partial charge in [0.15, 0.2) is 5.79 Å². The Morgan fingerprint density at radius 2 is 2.08 bits per heavy atom. The van der Waals surface area contributed by atoms with Crippen molar-refractivity contribution in [1.29, 1.82) is 0 Å². The van der Waals surface area contributed by atoms with E-state index in [9.17, 15) is 4.79 Å². The molecule has 24 heavy (non-hydrogen) atoms. The Bertz CT molecular complexity index is 603. The van der Waals surface area contributed by atoms with E-state index in [4.69, 9.17) is 9.47 Å². The lowest BCUT2D eigenvalue weighted by Crippen LogP contribution is -2.38. The van der Waals surface area contributed by atoms with Crippen molar-refractivity contribution in [2.45, 2.75) is 64.8 Å². The third-order valence-corrected chi connectivity index (χ3v) is 5.47. The molecule has 0 bridgehead atoms. The molecule has 1 aromatic heterocycles. The van der Waals surface area contributed by atoms with E-state index in [1.165, 1.54) is 0 Å². The number of nitrogens with zero attached hydrogens (tertiary/aromatic N) is 2. The zero-order valence-corrected chi connectivity index (χ0v) is 15.2. The minimum Gasteiger partial charge on any atom is -0.353 e. The van der Waals surface area contributed by atoms with Crippen molar-refractivity contribution >= 4 is 5.91 Å². The number of ether oxygens (including phenoxy) is 2. The van der Waals surface area contributed by atoms with E-state index in [0.717, 1.165) is 48.6 Å². The molecule has 2 fully saturated rings. The van der Waals surface area contributed by atoms with Crippen LogP contribution in [0.25, 0.3) is 0 Å². The van der Waals surface area contributed by atoms with Crippen LogP contribution in [0, 0.1) is 19.8 Å². The summed E-state index contributed by atoms with van der Waals surface area (Å²) in [6.07, 6.45) is 4.55. The van der Waals surface area contributed by atoms with Crippen molar-refractivity contribution in [3.8, 4) is 0 Å². The van der Waals surface area contributed by atoms with Gasteiger partial charge in [-0.3, -0.25) is 9.48 Å². The quantitative estimate of drug-likeness (QED) is 0.914. The molecule has 0 aromatic carbocycles. The van der Waals surface area contributed by atoms with Crippen LogP contribution in [0.2, 0.25) is 0 Å². The minimum atomic E-state index is -0.390. The van der Waals surface area contributed by atoms with Gasteiger partial charge in [0.1, 0.15) is 6.10 Å². The van der Waals surface area contributed by atoms with Crippen LogP contribution in [-0.2, 0) is 27.7 Å². The van der Waals surface area contributed by atoms with Crippen LogP contribution in [0.15, 0.2) is 0 Å². The van der Waals surface area contributed by atoms with E-state index in [2.05, 4.69) is 17.3 Å². The van der Waals surface area contributed by atoms with E-state index in [-0.39, 0.29) is 12.0 Å². The fourth-order valence-electron chi connectivity index (χ4n) is 3.71. The van der Waals surface area contributed by atoms with Gasteiger partial charge in [0.2, 0.25) is 5.91 Å². The predicted octanol–water partition coefficient (Wildman–Crippen LogP) is 2.02. The van der Waals surface area contributed by atoms with Gasteiger partial charge in [0.25, 0.3) is 0 Å². The Morgan fingerprint density at radius 3 is 2.71 bits per heavy atom. The summed E-state index contributed by atoms with van der Waals surface area (Å²) >= 11 is 0. The highest BCUT2D eigenvalue weighted by Gasteiger charge is 2.43. The van der Waals surface area contributed by atoms with Crippen LogP contribution >= 0.6 is 0 Å². The van der Waals surface area contributed by atoms with Crippen molar-refractivity contribution in [2.75, 3.05) is 13.2 Å². The van der Waals surface area contributed by atoms with Crippen LogP contribution in [0.5, 0.6) is 0 Å². The van der Waals surface area contributed by atoms with E-state index >= 15 is 0 Å². The molecule has 6 heteroatoms. The number of hydrogen-bond donors (Lipinski definition) is 1. The first-order valence-corrected chi connectivity index (χ1v) is 8.96. The Kier molecular flexibility index (Phi) is 4.97. The normalized spacial score (nSPS) is 30.0. The highest BCUT2D eigenvalue weighted by Crippen LogP contribution is 2.39. The maximum absolute atomic E-state index is 12.2. The molecular formula is C18H29N3O3. The third-order valence-electron chi connectivity index (χ3n) is 5.47. The van der Waals surface area contributed by atoms with Gasteiger partial charge >= 0.3 is 0 Å². The van der Waals surface area contributed by atoms with Crippen molar-refractivity contribution in [1.82, 2.24) is 15.1 Å². The molecule has 2 heterocycles. The molecular weight excluding hydrogens is 306 g/mol. The maximum atomic E-state index is 12.2. The van der Waals surface area contributed by atoms with E-state index < -0.39 is 5.79 Å². The molecule has 1 spiro atoms. The average Bonchev–Trinajstić information content (AvgIpc) is 3.05. The second kappa shape index (κ2) is 6.84. The van der Waals surface area contributed by atoms with Gasteiger partial charge in [-0.15, -0.1) is 0 Å². The summed E-state index contributed by atoms with van der Waals surface area (Å²) in [5.41, 5.74) is 2.97. The number of hydrogen-bond acceptors (Lipinski definition) is 4. The zero-order valence-electron chi connectivity index (χ0n) is 15.2. The van der Waals surface area contributed by atoms with Crippen molar-refractivity contribution in [2.24, 2.45) is 13.0 Å². The number of aromatic nitrogens is 2. The standard InChI is InChI=1S/C18H29N3O3/c1-12-5-7-18(8-6-12)23-11-15(24-18)10-19-17(22)9-16-13(2)20-21(4)14(16)3/h12,15H,5-11H2,1-4H3,(H,19,22)/t12?,15-,18?/m1/s1. The molecule has 2 aliphatic rings. The van der Waals surface area contributed by atoms with Crippen LogP contribution in [-0.4, -0.2) is 40.7 Å². The summed E-state index contributed by atoms with van der Waals surface area (Å²) in [6, 6.07) is 0. The molecule has 134 valence electrons. The molecule has 6 nitrogen and oxygen atoms in total. The lowest BCUT2D eigenvalue weighted by atomic mass is 9.86. The Morgan fingerprint density at radius 1 is 1.38 bits per heavy atom. The van der Waals surface area contributed by atoms with Gasteiger partial charge in [0, 0.05) is 37.7 Å². The van der Waals surface area contributed by atoms with Gasteiger partial charge in [-0.1, -0.05) is 6.92 Å². The number of amides is 1. The Labute approximate surface area is 143 Å². The number of nitrogens with one attached hydrogen (secondary N) is 1. The third kappa shape index (κ3) is 3.64. The average molecular weight is 335 g/mol. The molecule has 1 N–H and O–H groups in total. The molecule has 1 aromatic rings. The molecule has 1 aliphatic heterocycles. The van der Waals surface area contributed by atoms with E-state index in [1.54, 1.807) is 0 Å². The van der Waals surface area contributed by atoms with Gasteiger partial charge in [-0.25, -0.2) is 0 Å². The van der Waals surface area contributed by atoms with Crippen molar-refractivity contribution in [3.63, 3.8) is 0 Å². The van der Waals surface area contributed by atoms with Crippen molar-refractivity contribution < 1.29 is 14.3 Å². The van der Waals surface area contributed by atoms with Crippen LogP contribution < -0.4 is 5.32 Å². The largest absolute Gasteiger partial charge is 0.353 e. The summed E-state index contributed by atoms with van der Waals surface area (Å²) in [4.78, 5) is 12.2. The summed E-state index contributed by atoms with van der Waals surface area (Å²) in [6.45, 7) is 7.29. The molecule has 3 rings (SSSR count). The molecule has 0 unspecified atom stereocenters. The Balaban J connectivity index is 1.47. The first kappa shape index (κ1) is 17.4. The van der Waals surface area contributed by atoms with Gasteiger partial charge in [0.05, 0.1) is 18.7 Å². The zero-order chi connectivity index (χ0) is 17.3. The topological polar surface area (TPSA) is 65.4 Å².